The molecule has 2 aromatic rings. The molecule has 0 spiro atoms. The van der Waals surface area contributed by atoms with Crippen molar-refractivity contribution in [2.75, 3.05) is 20.3 Å². The lowest BCUT2D eigenvalue weighted by molar-refractivity contribution is -0.131. The Bertz CT molecular complexity index is 1090. The Morgan fingerprint density at radius 2 is 1.97 bits per heavy atom. The Hall–Kier alpha value is -2.58. The highest BCUT2D eigenvalue weighted by Crippen LogP contribution is 2.45. The van der Waals surface area contributed by atoms with Crippen molar-refractivity contribution in [2.24, 2.45) is 0 Å². The maximum absolute atomic E-state index is 12.7. The summed E-state index contributed by atoms with van der Waals surface area (Å²) >= 11 is 0. The molecule has 1 aromatic heterocycles. The number of aromatic nitrogens is 1. The van der Waals surface area contributed by atoms with Gasteiger partial charge in [0.2, 0.25) is 5.91 Å². The molecule has 2 heterocycles. The summed E-state index contributed by atoms with van der Waals surface area (Å²) in [5, 5.41) is 23.9. The number of methoxy groups -OCH3 is 1. The van der Waals surface area contributed by atoms with E-state index in [1.165, 1.54) is 4.57 Å². The van der Waals surface area contributed by atoms with Gasteiger partial charge in [0.25, 0.3) is 0 Å². The Kier molecular flexibility index (Phi) is 7.43. The lowest BCUT2D eigenvalue weighted by Crippen LogP contribution is -2.43. The average Bonchev–Trinajstić information content (AvgIpc) is 3.45. The zero-order chi connectivity index (χ0) is 25.3. The van der Waals surface area contributed by atoms with E-state index < -0.39 is 11.5 Å². The summed E-state index contributed by atoms with van der Waals surface area (Å²) in [6.07, 6.45) is 4.20. The van der Waals surface area contributed by atoms with Gasteiger partial charge >= 0.3 is 6.09 Å². The van der Waals surface area contributed by atoms with Gasteiger partial charge in [-0.1, -0.05) is 27.2 Å². The summed E-state index contributed by atoms with van der Waals surface area (Å²) in [5.74, 6) is 0.714. The first-order chi connectivity index (χ1) is 16.7. The van der Waals surface area contributed by atoms with E-state index in [1.54, 1.807) is 7.11 Å². The van der Waals surface area contributed by atoms with E-state index in [2.05, 4.69) is 5.32 Å². The fourth-order valence-electron chi connectivity index (χ4n) is 5.90. The number of benzene rings is 1. The number of nitrogens with zero attached hydrogens (tertiary/aromatic N) is 1. The zero-order valence-electron chi connectivity index (χ0n) is 21.2. The molecule has 0 bridgehead atoms. The van der Waals surface area contributed by atoms with Gasteiger partial charge in [-0.2, -0.15) is 0 Å². The molecule has 192 valence electrons. The number of aliphatic hydroxyl groups is 1. The lowest BCUT2D eigenvalue weighted by Gasteiger charge is -2.33. The van der Waals surface area contributed by atoms with Crippen LogP contribution in [0.2, 0.25) is 0 Å². The highest BCUT2D eigenvalue weighted by atomic mass is 16.5. The van der Waals surface area contributed by atoms with Gasteiger partial charge in [-0.15, -0.1) is 0 Å². The average molecular weight is 487 g/mol. The summed E-state index contributed by atoms with van der Waals surface area (Å²) in [5.41, 5.74) is 2.77. The van der Waals surface area contributed by atoms with Crippen molar-refractivity contribution < 1.29 is 29.3 Å². The van der Waals surface area contributed by atoms with Gasteiger partial charge in [-0.3, -0.25) is 4.79 Å². The fraction of sp³-hybridized carbons (Fsp3) is 0.630. The molecule has 1 aliphatic carbocycles. The summed E-state index contributed by atoms with van der Waals surface area (Å²) in [6.45, 7) is 6.69. The monoisotopic (exact) mass is 486 g/mol. The molecular formula is C27H38N2O6. The molecule has 1 aromatic carbocycles. The Morgan fingerprint density at radius 1 is 1.20 bits per heavy atom. The standard InChI is InChI=1S/C27H38N2O6/c1-27(2,3)24-23(17-7-5-8-18(13-17)28-25(31)21-9-6-12-35-21)19-15-22(34-4)16(10-11-30)14-20(19)29(24)26(32)33/h14-15,17-18,21,30H,5-13H2,1-4H3,(H,28,31)(H,32,33)/t17-,18+,21-/m0/s1. The predicted octanol–water partition coefficient (Wildman–Crippen LogP) is 4.33. The number of carboxylic acid groups (broad SMARTS) is 1. The second kappa shape index (κ2) is 10.2. The van der Waals surface area contributed by atoms with Gasteiger partial charge in [0.1, 0.15) is 11.9 Å². The van der Waals surface area contributed by atoms with Gasteiger partial charge < -0.3 is 25.0 Å². The van der Waals surface area contributed by atoms with Gasteiger partial charge in [-0.25, -0.2) is 9.36 Å². The molecule has 35 heavy (non-hydrogen) atoms. The van der Waals surface area contributed by atoms with E-state index in [0.29, 0.717) is 24.3 Å². The van der Waals surface area contributed by atoms with Crippen LogP contribution >= 0.6 is 0 Å². The molecule has 8 heteroatoms. The molecule has 8 nitrogen and oxygen atoms in total. The molecular weight excluding hydrogens is 448 g/mol. The Balaban J connectivity index is 1.80. The predicted molar refractivity (Wildman–Crippen MR) is 134 cm³/mol. The first kappa shape index (κ1) is 25.5. The van der Waals surface area contributed by atoms with Crippen LogP contribution in [0, 0.1) is 0 Å². The molecule has 1 saturated carbocycles. The van der Waals surface area contributed by atoms with E-state index in [-0.39, 0.29) is 30.6 Å². The normalized spacial score (nSPS) is 22.9. The minimum absolute atomic E-state index is 0.0251. The molecule has 1 amide bonds. The number of nitrogens with one attached hydrogen (secondary N) is 1. The summed E-state index contributed by atoms with van der Waals surface area (Å²) in [7, 11) is 1.60. The third-order valence-corrected chi connectivity index (χ3v) is 7.34. The maximum atomic E-state index is 12.7. The highest BCUT2D eigenvalue weighted by Gasteiger charge is 2.36. The molecule has 2 fully saturated rings. The van der Waals surface area contributed by atoms with Gasteiger partial charge in [-0.05, 0) is 67.7 Å². The quantitative estimate of drug-likeness (QED) is 0.561. The van der Waals surface area contributed by atoms with Crippen molar-refractivity contribution in [2.45, 2.75) is 89.2 Å². The van der Waals surface area contributed by atoms with Crippen molar-refractivity contribution in [3.8, 4) is 5.75 Å². The number of carbonyl (C=O) groups is 2. The van der Waals surface area contributed by atoms with Gasteiger partial charge in [0.15, 0.2) is 0 Å². The van der Waals surface area contributed by atoms with Crippen molar-refractivity contribution in [1.82, 2.24) is 9.88 Å². The van der Waals surface area contributed by atoms with Crippen LogP contribution in [0.15, 0.2) is 12.1 Å². The van der Waals surface area contributed by atoms with Crippen LogP contribution in [0.1, 0.15) is 82.0 Å². The van der Waals surface area contributed by atoms with Gasteiger partial charge in [0, 0.05) is 35.8 Å². The summed E-state index contributed by atoms with van der Waals surface area (Å²) in [6, 6.07) is 3.80. The van der Waals surface area contributed by atoms with Crippen LogP contribution in [0.25, 0.3) is 10.9 Å². The SMILES string of the molecule is COc1cc2c([C@H]3CCC[C@@H](NC(=O)[C@@H]4CCCO4)C3)c(C(C)(C)C)n(C(=O)O)c2cc1CCO. The summed E-state index contributed by atoms with van der Waals surface area (Å²) in [4.78, 5) is 25.3. The van der Waals surface area contributed by atoms with Crippen molar-refractivity contribution in [3.63, 3.8) is 0 Å². The summed E-state index contributed by atoms with van der Waals surface area (Å²) < 4.78 is 12.6. The minimum atomic E-state index is -1.02. The first-order valence-corrected chi connectivity index (χ1v) is 12.7. The van der Waals surface area contributed by atoms with Crippen LogP contribution in [-0.4, -0.2) is 59.2 Å². The van der Waals surface area contributed by atoms with E-state index in [1.807, 2.05) is 32.9 Å². The molecule has 0 unspecified atom stereocenters. The Labute approximate surface area is 206 Å². The molecule has 4 rings (SSSR count). The second-order valence-corrected chi connectivity index (χ2v) is 10.9. The molecule has 3 atom stereocenters. The van der Waals surface area contributed by atoms with Crippen LogP contribution < -0.4 is 10.1 Å². The molecule has 1 saturated heterocycles. The number of hydrogen-bond donors (Lipinski definition) is 3. The van der Waals surface area contributed by atoms with Crippen LogP contribution in [0.5, 0.6) is 5.75 Å². The molecule has 0 radical (unpaired) electrons. The number of ether oxygens (including phenoxy) is 2. The van der Waals surface area contributed by atoms with Crippen molar-refractivity contribution in [3.05, 3.63) is 29.0 Å². The van der Waals surface area contributed by atoms with E-state index in [9.17, 15) is 19.8 Å². The maximum Gasteiger partial charge on any atom is 0.416 e. The van der Waals surface area contributed by atoms with E-state index in [0.717, 1.165) is 60.7 Å². The van der Waals surface area contributed by atoms with Crippen molar-refractivity contribution >= 4 is 22.9 Å². The topological polar surface area (TPSA) is 110 Å². The van der Waals surface area contributed by atoms with E-state index in [4.69, 9.17) is 9.47 Å². The highest BCUT2D eigenvalue weighted by molar-refractivity contribution is 5.95. The van der Waals surface area contributed by atoms with Crippen LogP contribution in [0.4, 0.5) is 4.79 Å². The number of carbonyl (C=O) groups excluding carboxylic acids is 1. The van der Waals surface area contributed by atoms with E-state index >= 15 is 0 Å². The molecule has 3 N–H and O–H groups in total. The fourth-order valence-corrected chi connectivity index (χ4v) is 5.90. The third-order valence-electron chi connectivity index (χ3n) is 7.34. The van der Waals surface area contributed by atoms with Crippen molar-refractivity contribution in [1.29, 1.82) is 0 Å². The number of aliphatic hydroxyl groups excluding tert-OH is 1. The first-order valence-electron chi connectivity index (χ1n) is 12.7. The number of rotatable bonds is 6. The van der Waals surface area contributed by atoms with Gasteiger partial charge in [0.05, 0.1) is 12.6 Å². The molecule has 1 aliphatic heterocycles. The third kappa shape index (κ3) is 5.05. The number of hydrogen-bond acceptors (Lipinski definition) is 5. The second-order valence-electron chi connectivity index (χ2n) is 10.9. The number of amides is 1. The molecule has 2 aliphatic rings. The van der Waals surface area contributed by atoms with Crippen LogP contribution in [-0.2, 0) is 21.4 Å². The smallest absolute Gasteiger partial charge is 0.416 e. The largest absolute Gasteiger partial charge is 0.496 e. The minimum Gasteiger partial charge on any atom is -0.496 e. The number of fused-ring (bicyclic) bond motifs is 1. The zero-order valence-corrected chi connectivity index (χ0v) is 21.2. The lowest BCUT2D eigenvalue weighted by atomic mass is 9.76. The van der Waals surface area contributed by atoms with Crippen LogP contribution in [0.3, 0.4) is 0 Å². The Morgan fingerprint density at radius 3 is 2.57 bits per heavy atom.